The molecule has 0 atom stereocenters. The summed E-state index contributed by atoms with van der Waals surface area (Å²) >= 11 is 0. The summed E-state index contributed by atoms with van der Waals surface area (Å²) in [5, 5.41) is 0. The van der Waals surface area contributed by atoms with Crippen molar-refractivity contribution in [3.63, 3.8) is 0 Å². The van der Waals surface area contributed by atoms with Crippen LogP contribution in [0.3, 0.4) is 0 Å². The Hall–Kier alpha value is -3.13. The molecule has 2 nitrogen and oxygen atoms in total. The van der Waals surface area contributed by atoms with Crippen LogP contribution in [0, 0.1) is 0 Å². The van der Waals surface area contributed by atoms with Gasteiger partial charge < -0.3 is 4.74 Å². The molecule has 0 saturated carbocycles. The van der Waals surface area contributed by atoms with Crippen LogP contribution in [0.1, 0.15) is 12.5 Å². The number of carbonyl (C=O) groups excluding carboxylic acids is 1. The fourth-order valence-corrected chi connectivity index (χ4v) is 2.71. The number of ether oxygens (including phenoxy) is 1. The Morgan fingerprint density at radius 1 is 0.840 bits per heavy atom. The standard InChI is InChI=1S/C23H20O2/c1-17(2)23(24)25-16-18-9-8-12-20(15-18)22-14-7-6-13-21(22)19-10-4-3-5-11-19/h3-15H,1,16H2,2H3. The lowest BCUT2D eigenvalue weighted by Crippen LogP contribution is -2.04. The molecule has 0 spiro atoms. The van der Waals surface area contributed by atoms with Crippen LogP contribution in [0.2, 0.25) is 0 Å². The highest BCUT2D eigenvalue weighted by Gasteiger charge is 2.08. The summed E-state index contributed by atoms with van der Waals surface area (Å²) in [4.78, 5) is 11.6. The first-order valence-electron chi connectivity index (χ1n) is 8.21. The SMILES string of the molecule is C=C(C)C(=O)OCc1cccc(-c2ccccc2-c2ccccc2)c1. The maximum Gasteiger partial charge on any atom is 0.333 e. The van der Waals surface area contributed by atoms with Gasteiger partial charge in [-0.15, -0.1) is 0 Å². The zero-order valence-corrected chi connectivity index (χ0v) is 14.2. The summed E-state index contributed by atoms with van der Waals surface area (Å²) in [6, 6.07) is 26.7. The summed E-state index contributed by atoms with van der Waals surface area (Å²) in [5.74, 6) is -0.366. The first kappa shape index (κ1) is 16.7. The Morgan fingerprint density at radius 2 is 1.44 bits per heavy atom. The summed E-state index contributed by atoms with van der Waals surface area (Å²) in [5.41, 5.74) is 5.97. The molecular formula is C23H20O2. The minimum absolute atomic E-state index is 0.243. The van der Waals surface area contributed by atoms with E-state index in [1.807, 2.05) is 42.5 Å². The quantitative estimate of drug-likeness (QED) is 0.447. The lowest BCUT2D eigenvalue weighted by Gasteiger charge is -2.12. The summed E-state index contributed by atoms with van der Waals surface area (Å²) in [6.45, 7) is 5.49. The molecule has 0 aliphatic rings. The molecule has 0 heterocycles. The zero-order valence-electron chi connectivity index (χ0n) is 14.2. The van der Waals surface area contributed by atoms with E-state index in [4.69, 9.17) is 4.74 Å². The highest BCUT2D eigenvalue weighted by molar-refractivity contribution is 5.87. The fraction of sp³-hybridized carbons (Fsp3) is 0.0870. The van der Waals surface area contributed by atoms with Gasteiger partial charge in [-0.05, 0) is 40.8 Å². The molecule has 0 aliphatic carbocycles. The van der Waals surface area contributed by atoms with E-state index in [2.05, 4.69) is 43.0 Å². The van der Waals surface area contributed by atoms with Gasteiger partial charge in [0.05, 0.1) is 0 Å². The van der Waals surface area contributed by atoms with Crippen molar-refractivity contribution in [2.45, 2.75) is 13.5 Å². The number of carbonyl (C=O) groups is 1. The lowest BCUT2D eigenvalue weighted by molar-refractivity contribution is -0.140. The van der Waals surface area contributed by atoms with Gasteiger partial charge in [0.15, 0.2) is 0 Å². The molecule has 124 valence electrons. The highest BCUT2D eigenvalue weighted by Crippen LogP contribution is 2.32. The second-order valence-electron chi connectivity index (χ2n) is 5.97. The number of esters is 1. The third-order valence-electron chi connectivity index (χ3n) is 3.97. The van der Waals surface area contributed by atoms with Gasteiger partial charge in [-0.25, -0.2) is 4.79 Å². The molecule has 0 N–H and O–H groups in total. The average molecular weight is 328 g/mol. The number of benzene rings is 3. The second-order valence-corrected chi connectivity index (χ2v) is 5.97. The number of hydrogen-bond acceptors (Lipinski definition) is 2. The smallest absolute Gasteiger partial charge is 0.333 e. The van der Waals surface area contributed by atoms with Gasteiger partial charge in [-0.1, -0.05) is 79.4 Å². The molecule has 0 unspecified atom stereocenters. The van der Waals surface area contributed by atoms with E-state index in [1.54, 1.807) is 6.92 Å². The average Bonchev–Trinajstić information content (AvgIpc) is 2.67. The Labute approximate surface area is 148 Å². The van der Waals surface area contributed by atoms with E-state index >= 15 is 0 Å². The predicted molar refractivity (Wildman–Crippen MR) is 102 cm³/mol. The van der Waals surface area contributed by atoms with Crippen LogP contribution in [-0.4, -0.2) is 5.97 Å². The van der Waals surface area contributed by atoms with Crippen molar-refractivity contribution in [3.8, 4) is 22.3 Å². The minimum Gasteiger partial charge on any atom is -0.457 e. The van der Waals surface area contributed by atoms with Gasteiger partial charge >= 0.3 is 5.97 Å². The topological polar surface area (TPSA) is 26.3 Å². The van der Waals surface area contributed by atoms with Crippen molar-refractivity contribution >= 4 is 5.97 Å². The Balaban J connectivity index is 1.92. The largest absolute Gasteiger partial charge is 0.457 e. The van der Waals surface area contributed by atoms with E-state index < -0.39 is 0 Å². The Morgan fingerprint density at radius 3 is 2.12 bits per heavy atom. The molecule has 0 aliphatic heterocycles. The molecule has 2 heteroatoms. The molecule has 0 saturated heterocycles. The minimum atomic E-state index is -0.366. The van der Waals surface area contributed by atoms with E-state index in [9.17, 15) is 4.79 Å². The van der Waals surface area contributed by atoms with Crippen LogP contribution in [0.5, 0.6) is 0 Å². The van der Waals surface area contributed by atoms with Crippen molar-refractivity contribution in [3.05, 3.63) is 96.6 Å². The first-order chi connectivity index (χ1) is 12.1. The normalized spacial score (nSPS) is 10.3. The summed E-state index contributed by atoms with van der Waals surface area (Å²) in [6.07, 6.45) is 0. The number of hydrogen-bond donors (Lipinski definition) is 0. The van der Waals surface area contributed by atoms with E-state index in [0.717, 1.165) is 16.7 Å². The van der Waals surface area contributed by atoms with Crippen molar-refractivity contribution in [2.24, 2.45) is 0 Å². The molecule has 3 aromatic carbocycles. The number of rotatable bonds is 5. The van der Waals surface area contributed by atoms with Crippen LogP contribution in [0.15, 0.2) is 91.0 Å². The van der Waals surface area contributed by atoms with Crippen LogP contribution >= 0.6 is 0 Å². The van der Waals surface area contributed by atoms with Crippen molar-refractivity contribution < 1.29 is 9.53 Å². The zero-order chi connectivity index (χ0) is 17.6. The molecule has 0 fully saturated rings. The van der Waals surface area contributed by atoms with Gasteiger partial charge in [0.1, 0.15) is 6.61 Å². The molecular weight excluding hydrogens is 308 g/mol. The monoisotopic (exact) mass is 328 g/mol. The van der Waals surface area contributed by atoms with Crippen molar-refractivity contribution in [2.75, 3.05) is 0 Å². The van der Waals surface area contributed by atoms with E-state index in [0.29, 0.717) is 5.57 Å². The Kier molecular flexibility index (Phi) is 5.10. The fourth-order valence-electron chi connectivity index (χ4n) is 2.71. The lowest BCUT2D eigenvalue weighted by atomic mass is 9.94. The Bertz CT molecular complexity index is 895. The maximum atomic E-state index is 11.6. The van der Waals surface area contributed by atoms with E-state index in [1.165, 1.54) is 11.1 Å². The van der Waals surface area contributed by atoms with Crippen LogP contribution in [-0.2, 0) is 16.1 Å². The van der Waals surface area contributed by atoms with Gasteiger partial charge in [0, 0.05) is 5.57 Å². The molecule has 25 heavy (non-hydrogen) atoms. The molecule has 3 rings (SSSR count). The summed E-state index contributed by atoms with van der Waals surface area (Å²) < 4.78 is 5.26. The molecule has 0 bridgehead atoms. The van der Waals surface area contributed by atoms with Gasteiger partial charge in [0.25, 0.3) is 0 Å². The molecule has 0 aromatic heterocycles. The van der Waals surface area contributed by atoms with Crippen molar-refractivity contribution in [1.82, 2.24) is 0 Å². The molecule has 0 amide bonds. The van der Waals surface area contributed by atoms with Crippen LogP contribution in [0.25, 0.3) is 22.3 Å². The third-order valence-corrected chi connectivity index (χ3v) is 3.97. The summed E-state index contributed by atoms with van der Waals surface area (Å²) in [7, 11) is 0. The first-order valence-corrected chi connectivity index (χ1v) is 8.21. The third kappa shape index (κ3) is 4.04. The van der Waals surface area contributed by atoms with Gasteiger partial charge in [-0.2, -0.15) is 0 Å². The van der Waals surface area contributed by atoms with Gasteiger partial charge in [0.2, 0.25) is 0 Å². The van der Waals surface area contributed by atoms with Crippen molar-refractivity contribution in [1.29, 1.82) is 0 Å². The van der Waals surface area contributed by atoms with E-state index in [-0.39, 0.29) is 12.6 Å². The predicted octanol–water partition coefficient (Wildman–Crippen LogP) is 5.64. The molecule has 3 aromatic rings. The maximum absolute atomic E-state index is 11.6. The van der Waals surface area contributed by atoms with Crippen LogP contribution in [0.4, 0.5) is 0 Å². The molecule has 0 radical (unpaired) electrons. The van der Waals surface area contributed by atoms with Crippen LogP contribution < -0.4 is 0 Å². The van der Waals surface area contributed by atoms with Gasteiger partial charge in [-0.3, -0.25) is 0 Å². The highest BCUT2D eigenvalue weighted by atomic mass is 16.5. The second kappa shape index (κ2) is 7.63.